The molecular weight excluding hydrogens is 278 g/mol. The molecule has 0 unspecified atom stereocenters. The molecular formula is C16H25N5O. The van der Waals surface area contributed by atoms with Gasteiger partial charge in [-0.25, -0.2) is 9.67 Å². The molecule has 0 bridgehead atoms. The fraction of sp³-hybridized carbons (Fsp3) is 0.812. The van der Waals surface area contributed by atoms with Crippen LogP contribution in [-0.4, -0.2) is 50.7 Å². The molecule has 1 aromatic rings. The van der Waals surface area contributed by atoms with E-state index >= 15 is 0 Å². The Balaban J connectivity index is 1.32. The number of nitrogens with one attached hydrogen (secondary N) is 1. The molecule has 3 aliphatic rings. The maximum atomic E-state index is 12.8. The first-order valence-electron chi connectivity index (χ1n) is 8.70. The van der Waals surface area contributed by atoms with Crippen molar-refractivity contribution in [3.8, 4) is 0 Å². The Labute approximate surface area is 131 Å². The summed E-state index contributed by atoms with van der Waals surface area (Å²) < 4.78 is 1.93. The van der Waals surface area contributed by atoms with Gasteiger partial charge in [-0.2, -0.15) is 5.10 Å². The van der Waals surface area contributed by atoms with Crippen LogP contribution >= 0.6 is 0 Å². The van der Waals surface area contributed by atoms with Gasteiger partial charge in [-0.3, -0.25) is 4.79 Å². The van der Waals surface area contributed by atoms with Crippen LogP contribution in [0.4, 0.5) is 0 Å². The van der Waals surface area contributed by atoms with Crippen LogP contribution in [0.2, 0.25) is 0 Å². The highest BCUT2D eigenvalue weighted by Crippen LogP contribution is 2.34. The van der Waals surface area contributed by atoms with Crippen LogP contribution in [-0.2, 0) is 4.79 Å². The lowest BCUT2D eigenvalue weighted by molar-refractivity contribution is -0.134. The predicted molar refractivity (Wildman–Crippen MR) is 82.2 cm³/mol. The lowest BCUT2D eigenvalue weighted by Crippen LogP contribution is -2.48. The first-order chi connectivity index (χ1) is 10.8. The molecule has 1 N–H and O–H groups in total. The second-order valence-electron chi connectivity index (χ2n) is 7.04. The molecule has 1 saturated carbocycles. The van der Waals surface area contributed by atoms with Gasteiger partial charge in [-0.05, 0) is 38.0 Å². The minimum Gasteiger partial charge on any atom is -0.341 e. The fourth-order valence-electron chi connectivity index (χ4n) is 4.49. The normalized spacial score (nSPS) is 32.9. The fourth-order valence-corrected chi connectivity index (χ4v) is 4.49. The molecule has 1 amide bonds. The number of likely N-dealkylation sites (tertiary alicyclic amines) is 1. The minimum absolute atomic E-state index is 0.0658. The van der Waals surface area contributed by atoms with Crippen molar-refractivity contribution < 1.29 is 4.79 Å². The van der Waals surface area contributed by atoms with Crippen LogP contribution in [0, 0.1) is 5.92 Å². The highest BCUT2D eigenvalue weighted by atomic mass is 16.2. The van der Waals surface area contributed by atoms with Crippen molar-refractivity contribution in [1.29, 1.82) is 0 Å². The van der Waals surface area contributed by atoms with Crippen molar-refractivity contribution in [3.05, 3.63) is 12.7 Å². The van der Waals surface area contributed by atoms with Crippen LogP contribution < -0.4 is 5.32 Å². The summed E-state index contributed by atoms with van der Waals surface area (Å²) in [5.41, 5.74) is 0. The summed E-state index contributed by atoms with van der Waals surface area (Å²) in [7, 11) is 0. The van der Waals surface area contributed by atoms with Gasteiger partial charge in [0.05, 0.1) is 12.1 Å². The van der Waals surface area contributed by atoms with Crippen LogP contribution in [0.15, 0.2) is 12.7 Å². The van der Waals surface area contributed by atoms with Crippen LogP contribution in [0.1, 0.15) is 51.0 Å². The van der Waals surface area contributed by atoms with E-state index in [1.54, 1.807) is 12.7 Å². The van der Waals surface area contributed by atoms with Crippen LogP contribution in [0.3, 0.4) is 0 Å². The van der Waals surface area contributed by atoms with Gasteiger partial charge in [0.2, 0.25) is 5.91 Å². The Morgan fingerprint density at radius 1 is 1.14 bits per heavy atom. The van der Waals surface area contributed by atoms with E-state index in [4.69, 9.17) is 0 Å². The molecule has 2 saturated heterocycles. The van der Waals surface area contributed by atoms with Gasteiger partial charge in [-0.15, -0.1) is 0 Å². The van der Waals surface area contributed by atoms with Gasteiger partial charge < -0.3 is 10.2 Å². The maximum absolute atomic E-state index is 12.8. The second-order valence-corrected chi connectivity index (χ2v) is 7.04. The van der Waals surface area contributed by atoms with Gasteiger partial charge in [0.25, 0.3) is 0 Å². The number of rotatable bonds is 2. The van der Waals surface area contributed by atoms with E-state index in [9.17, 15) is 4.79 Å². The molecule has 3 fully saturated rings. The molecule has 2 aliphatic heterocycles. The number of hydrogen-bond donors (Lipinski definition) is 1. The quantitative estimate of drug-likeness (QED) is 0.896. The number of fused-ring (bicyclic) bond motifs is 1. The SMILES string of the molecule is O=C([C@@H]1C[C@@H]2CCCC[C@@H]2N1)N1CCC(n2cncn2)CC1. The third kappa shape index (κ3) is 2.64. The second kappa shape index (κ2) is 5.99. The Hall–Kier alpha value is -1.43. The van der Waals surface area contributed by atoms with Gasteiger partial charge in [0.15, 0.2) is 0 Å². The number of amides is 1. The average Bonchev–Trinajstić information content (AvgIpc) is 3.23. The van der Waals surface area contributed by atoms with Gasteiger partial charge in [-0.1, -0.05) is 12.8 Å². The number of hydrogen-bond acceptors (Lipinski definition) is 4. The van der Waals surface area contributed by atoms with E-state index in [-0.39, 0.29) is 6.04 Å². The average molecular weight is 303 g/mol. The lowest BCUT2D eigenvalue weighted by Gasteiger charge is -2.33. The van der Waals surface area contributed by atoms with Gasteiger partial charge in [0, 0.05) is 19.1 Å². The smallest absolute Gasteiger partial charge is 0.239 e. The molecule has 22 heavy (non-hydrogen) atoms. The summed E-state index contributed by atoms with van der Waals surface area (Å²) in [6.07, 6.45) is 11.6. The lowest BCUT2D eigenvalue weighted by atomic mass is 9.85. The molecule has 0 spiro atoms. The van der Waals surface area contributed by atoms with E-state index in [1.807, 2.05) is 4.68 Å². The zero-order valence-corrected chi connectivity index (χ0v) is 13.0. The van der Waals surface area contributed by atoms with E-state index < -0.39 is 0 Å². The molecule has 6 heteroatoms. The molecule has 4 rings (SSSR count). The third-order valence-corrected chi connectivity index (χ3v) is 5.75. The predicted octanol–water partition coefficient (Wildman–Crippen LogP) is 1.36. The summed E-state index contributed by atoms with van der Waals surface area (Å²) in [6, 6.07) is 1.05. The Kier molecular flexibility index (Phi) is 3.86. The van der Waals surface area contributed by atoms with E-state index in [1.165, 1.54) is 25.7 Å². The minimum atomic E-state index is 0.0658. The third-order valence-electron chi connectivity index (χ3n) is 5.75. The Morgan fingerprint density at radius 2 is 1.95 bits per heavy atom. The Bertz CT molecular complexity index is 495. The van der Waals surface area contributed by atoms with Crippen LogP contribution in [0.5, 0.6) is 0 Å². The van der Waals surface area contributed by atoms with E-state index in [2.05, 4.69) is 20.3 Å². The molecule has 3 atom stereocenters. The van der Waals surface area contributed by atoms with Crippen molar-refractivity contribution in [3.63, 3.8) is 0 Å². The zero-order valence-electron chi connectivity index (χ0n) is 13.0. The molecule has 1 aromatic heterocycles. The van der Waals surface area contributed by atoms with E-state index in [0.29, 0.717) is 18.0 Å². The maximum Gasteiger partial charge on any atom is 0.239 e. The molecule has 1 aliphatic carbocycles. The number of aromatic nitrogens is 3. The topological polar surface area (TPSA) is 63.1 Å². The molecule has 3 heterocycles. The molecule has 0 radical (unpaired) electrons. The summed E-state index contributed by atoms with van der Waals surface area (Å²) in [5.74, 6) is 1.06. The van der Waals surface area contributed by atoms with Crippen molar-refractivity contribution in [2.75, 3.05) is 13.1 Å². The summed E-state index contributed by atoms with van der Waals surface area (Å²) in [5, 5.41) is 7.84. The number of nitrogens with zero attached hydrogens (tertiary/aromatic N) is 4. The van der Waals surface area contributed by atoms with E-state index in [0.717, 1.165) is 38.3 Å². The van der Waals surface area contributed by atoms with Crippen LogP contribution in [0.25, 0.3) is 0 Å². The zero-order chi connectivity index (χ0) is 14.9. The highest BCUT2D eigenvalue weighted by molar-refractivity contribution is 5.82. The molecule has 6 nitrogen and oxygen atoms in total. The first-order valence-corrected chi connectivity index (χ1v) is 8.70. The van der Waals surface area contributed by atoms with Crippen molar-refractivity contribution in [2.24, 2.45) is 5.92 Å². The van der Waals surface area contributed by atoms with Gasteiger partial charge in [0.1, 0.15) is 12.7 Å². The standard InChI is InChI=1S/C16H25N5O/c22-16(15-9-12-3-1-2-4-14(12)19-15)20-7-5-13(6-8-20)21-11-17-10-18-21/h10-15,19H,1-9H2/t12-,14-,15-/m0/s1. The summed E-state index contributed by atoms with van der Waals surface area (Å²) in [4.78, 5) is 18.8. The monoisotopic (exact) mass is 303 g/mol. The van der Waals surface area contributed by atoms with Gasteiger partial charge >= 0.3 is 0 Å². The number of piperidine rings is 1. The Morgan fingerprint density at radius 3 is 2.68 bits per heavy atom. The molecule has 0 aromatic carbocycles. The highest BCUT2D eigenvalue weighted by Gasteiger charge is 2.40. The number of carbonyl (C=O) groups is 1. The number of carbonyl (C=O) groups excluding carboxylic acids is 1. The van der Waals surface area contributed by atoms with Crippen molar-refractivity contribution >= 4 is 5.91 Å². The largest absolute Gasteiger partial charge is 0.341 e. The first kappa shape index (κ1) is 14.2. The van der Waals surface area contributed by atoms with Crippen molar-refractivity contribution in [2.45, 2.75) is 63.1 Å². The van der Waals surface area contributed by atoms with Crippen molar-refractivity contribution in [1.82, 2.24) is 25.0 Å². The summed E-state index contributed by atoms with van der Waals surface area (Å²) in [6.45, 7) is 1.69. The summed E-state index contributed by atoms with van der Waals surface area (Å²) >= 11 is 0. The molecule has 120 valence electrons.